The van der Waals surface area contributed by atoms with Crippen LogP contribution < -0.4 is 11.1 Å². The lowest BCUT2D eigenvalue weighted by Crippen LogP contribution is -2.59. The molecule has 3 aliphatic heterocycles. The summed E-state index contributed by atoms with van der Waals surface area (Å²) in [6, 6.07) is -1.13. The summed E-state index contributed by atoms with van der Waals surface area (Å²) in [6.45, 7) is 2.40. The van der Waals surface area contributed by atoms with Crippen LogP contribution in [0.1, 0.15) is 78.1 Å². The fourth-order valence-electron chi connectivity index (χ4n) is 7.91. The van der Waals surface area contributed by atoms with E-state index in [1.165, 1.54) is 0 Å². The third-order valence-corrected chi connectivity index (χ3v) is 11.7. The summed E-state index contributed by atoms with van der Waals surface area (Å²) < 4.78 is 36.1. The van der Waals surface area contributed by atoms with E-state index in [1.54, 1.807) is 73.8 Å². The van der Waals surface area contributed by atoms with Gasteiger partial charge in [0.25, 0.3) is 0 Å². The van der Waals surface area contributed by atoms with Crippen molar-refractivity contribution in [2.24, 2.45) is 17.6 Å². The van der Waals surface area contributed by atoms with E-state index in [-0.39, 0.29) is 57.6 Å². The molecule has 1 amide bonds. The number of alkyl halides is 1. The molecule has 8 unspecified atom stereocenters. The topological polar surface area (TPSA) is 311 Å². The summed E-state index contributed by atoms with van der Waals surface area (Å²) in [4.78, 5) is 26.0. The minimum absolute atomic E-state index is 0.00642. The third kappa shape index (κ3) is 21.3. The number of fused-ring (bicyclic) bond motifs is 2. The van der Waals surface area contributed by atoms with Crippen molar-refractivity contribution in [3.8, 4) is 0 Å². The molecule has 0 aromatic rings. The van der Waals surface area contributed by atoms with Gasteiger partial charge in [0.15, 0.2) is 12.1 Å². The Morgan fingerprint density at radius 2 is 1.36 bits per heavy atom. The molecule has 3 aliphatic rings. The number of ether oxygens (including phenoxy) is 4. The lowest BCUT2D eigenvalue weighted by Gasteiger charge is -2.45. The van der Waals surface area contributed by atoms with E-state index in [0.717, 1.165) is 0 Å². The second-order valence-corrected chi connectivity index (χ2v) is 17.7. The zero-order valence-corrected chi connectivity index (χ0v) is 38.4. The van der Waals surface area contributed by atoms with Gasteiger partial charge in [0.2, 0.25) is 5.91 Å². The first kappa shape index (κ1) is 57.8. The molecule has 0 spiro atoms. The first-order valence-electron chi connectivity index (χ1n) is 23.1. The number of carbonyl (C=O) groups is 2. The van der Waals surface area contributed by atoms with Crippen LogP contribution in [-0.2, 0) is 28.5 Å². The van der Waals surface area contributed by atoms with Gasteiger partial charge >= 0.3 is 5.97 Å². The van der Waals surface area contributed by atoms with Gasteiger partial charge in [-0.05, 0) is 32.6 Å². The summed E-state index contributed by atoms with van der Waals surface area (Å²) >= 11 is 0. The number of carbonyl (C=O) groups excluding carboxylic acids is 2. The van der Waals surface area contributed by atoms with Crippen LogP contribution >= 0.6 is 0 Å². The third-order valence-electron chi connectivity index (χ3n) is 11.7. The lowest BCUT2D eigenvalue weighted by atomic mass is 9.82. The quantitative estimate of drug-likeness (QED) is 0.127. The number of hydrogen-bond acceptors (Lipinski definition) is 17. The van der Waals surface area contributed by atoms with Gasteiger partial charge in [-0.15, -0.1) is 0 Å². The van der Waals surface area contributed by atoms with Crippen LogP contribution in [0.2, 0.25) is 0 Å². The first-order chi connectivity index (χ1) is 31.8. The summed E-state index contributed by atoms with van der Waals surface area (Å²) in [6.07, 6.45) is 5.11. The van der Waals surface area contributed by atoms with Crippen molar-refractivity contribution in [3.05, 3.63) is 85.1 Å². The van der Waals surface area contributed by atoms with E-state index in [2.05, 4.69) is 5.32 Å². The van der Waals surface area contributed by atoms with E-state index >= 15 is 0 Å². The van der Waals surface area contributed by atoms with Gasteiger partial charge in [-0.1, -0.05) is 92.0 Å². The maximum absolute atomic E-state index is 13.5. The fraction of sp³-hybridized carbons (Fsp3) is 0.667. The van der Waals surface area contributed by atoms with Crippen molar-refractivity contribution >= 4 is 11.9 Å². The molecule has 13 N–H and O–H groups in total. The van der Waals surface area contributed by atoms with Crippen molar-refractivity contribution in [2.75, 3.05) is 19.8 Å². The number of esters is 1. The second-order valence-electron chi connectivity index (χ2n) is 17.7. The Hall–Kier alpha value is -3.51. The Labute approximate surface area is 392 Å². The molecule has 2 fully saturated rings. The molecule has 0 radical (unpaired) electrons. The van der Waals surface area contributed by atoms with Gasteiger partial charge in [0.05, 0.1) is 92.7 Å². The highest BCUT2D eigenvalue weighted by atomic mass is 19.1. The molecule has 19 heteroatoms. The number of nitrogens with two attached hydrogens (primary N) is 1. The first-order valence-corrected chi connectivity index (χ1v) is 23.1. The average molecular weight is 955 g/mol. The number of aliphatic hydroxyl groups is 10. The van der Waals surface area contributed by atoms with Gasteiger partial charge in [-0.25, -0.2) is 0 Å². The molecule has 0 aromatic heterocycles. The van der Waals surface area contributed by atoms with E-state index in [0.29, 0.717) is 0 Å². The predicted octanol–water partition coefficient (Wildman–Crippen LogP) is 0.468. The molecule has 0 aromatic carbocycles. The van der Waals surface area contributed by atoms with Gasteiger partial charge in [-0.3, -0.25) is 14.0 Å². The predicted molar refractivity (Wildman–Crippen MR) is 244 cm³/mol. The monoisotopic (exact) mass is 955 g/mol. The van der Waals surface area contributed by atoms with Crippen LogP contribution in [0.5, 0.6) is 0 Å². The second kappa shape index (κ2) is 30.2. The maximum atomic E-state index is 13.5. The van der Waals surface area contributed by atoms with Crippen molar-refractivity contribution < 1.29 is 84.0 Å². The number of halogens is 1. The molecule has 2 saturated heterocycles. The molecule has 18 nitrogen and oxygen atoms in total. The van der Waals surface area contributed by atoms with Gasteiger partial charge in [0, 0.05) is 44.6 Å². The lowest BCUT2D eigenvalue weighted by molar-refractivity contribution is -0.304. The Morgan fingerprint density at radius 1 is 0.746 bits per heavy atom. The molecule has 380 valence electrons. The van der Waals surface area contributed by atoms with Crippen LogP contribution in [0.4, 0.5) is 4.39 Å². The largest absolute Gasteiger partial charge is 0.462 e. The fourth-order valence-corrected chi connectivity index (χ4v) is 7.91. The van der Waals surface area contributed by atoms with E-state index in [1.807, 2.05) is 25.2 Å². The number of aliphatic hydroxyl groups excluding tert-OH is 9. The minimum Gasteiger partial charge on any atom is -0.462 e. The van der Waals surface area contributed by atoms with E-state index in [9.17, 15) is 65.0 Å². The minimum atomic E-state index is -2.30. The highest BCUT2D eigenvalue weighted by Crippen LogP contribution is 2.38. The normalized spacial score (nSPS) is 42.2. The Morgan fingerprint density at radius 3 is 1.99 bits per heavy atom. The average Bonchev–Trinajstić information content (AvgIpc) is 3.24. The number of allylic oxidation sites excluding steroid dienone is 12. The zero-order valence-electron chi connectivity index (χ0n) is 38.4. The zero-order chi connectivity index (χ0) is 49.5. The maximum Gasteiger partial charge on any atom is 0.308 e. The molecular formula is C48H75FN2O16. The molecule has 2 bridgehead atoms. The van der Waals surface area contributed by atoms with Crippen LogP contribution in [0, 0.1) is 11.8 Å². The number of cyclic esters (lactones) is 1. The highest BCUT2D eigenvalue weighted by molar-refractivity contribution is 5.80. The SMILES string of the molecule is C[C@H]1C[C@H](O)[C@@H](C)/C=C/C=C/C=C/C=C/C=C/C=C/C=C/C(O[C@@H]2OC[C@@H](O)[C@H](N)[C@@H]2O)C[C@@H]2OC(O)(CC(O)CC(O)C(O)CCC(O)CC(O)CC(=O)O1)C[C@H](O)C2C(=O)NCCCF. The molecule has 3 rings (SSSR count). The van der Waals surface area contributed by atoms with Crippen molar-refractivity contribution in [3.63, 3.8) is 0 Å². The molecule has 0 aliphatic carbocycles. The Kier molecular flexibility index (Phi) is 26.0. The van der Waals surface area contributed by atoms with Crippen LogP contribution in [0.15, 0.2) is 85.1 Å². The van der Waals surface area contributed by atoms with Gasteiger partial charge in [-0.2, -0.15) is 0 Å². The Balaban J connectivity index is 1.89. The molecule has 67 heavy (non-hydrogen) atoms. The summed E-state index contributed by atoms with van der Waals surface area (Å²) in [5.41, 5.74) is 5.98. The van der Waals surface area contributed by atoms with Crippen molar-refractivity contribution in [1.82, 2.24) is 5.32 Å². The van der Waals surface area contributed by atoms with E-state index in [4.69, 9.17) is 24.7 Å². The van der Waals surface area contributed by atoms with Gasteiger partial charge in [0.1, 0.15) is 12.2 Å². The molecule has 3 heterocycles. The molecular weight excluding hydrogens is 880 g/mol. The van der Waals surface area contributed by atoms with Crippen molar-refractivity contribution in [1.29, 1.82) is 0 Å². The van der Waals surface area contributed by atoms with Gasteiger partial charge < -0.3 is 81.1 Å². The van der Waals surface area contributed by atoms with E-state index < -0.39 is 142 Å². The smallest absolute Gasteiger partial charge is 0.308 e. The number of amides is 1. The summed E-state index contributed by atoms with van der Waals surface area (Å²) in [5.74, 6) is -5.35. The number of nitrogens with one attached hydrogen (secondary N) is 1. The highest BCUT2D eigenvalue weighted by Gasteiger charge is 2.50. The summed E-state index contributed by atoms with van der Waals surface area (Å²) in [5, 5.41) is 111. The molecule has 17 atom stereocenters. The number of rotatable bonds is 6. The number of hydrogen-bond donors (Lipinski definition) is 12. The van der Waals surface area contributed by atoms with Crippen LogP contribution in [0.3, 0.4) is 0 Å². The van der Waals surface area contributed by atoms with Crippen LogP contribution in [-0.4, -0.2) is 174 Å². The Bertz CT molecular complexity index is 1680. The summed E-state index contributed by atoms with van der Waals surface area (Å²) in [7, 11) is 0. The van der Waals surface area contributed by atoms with Crippen molar-refractivity contribution in [2.45, 2.75) is 169 Å². The van der Waals surface area contributed by atoms with Crippen LogP contribution in [0.25, 0.3) is 0 Å². The standard InChI is InChI=1S/C48H75FN2O16/c1-30-16-13-11-9-7-5-3-4-6-8-10-12-14-17-35(66-47-45(61)44(50)40(59)29-64-47)26-41-43(46(62)51-21-15-20-49)39(58)28-48(63,67-41)27-34(54)24-38(57)36(55)19-18-32(52)23-33(53)25-42(60)65-31(2)22-37(30)56/h3-14,16-17,30-41,43-45,47,52-59,61,63H,15,18-29,50H2,1-2H3,(H,51,62)/b4-3+,7-5+,8-6+,11-9+,12-10+,16-13+,17-14+/t30-,31-,32?,33?,34?,35?,36?,37-,38?,39-,40+,41-,43?,44-,45-,47-,48?/m0/s1. The molecule has 0 saturated carbocycles.